The van der Waals surface area contributed by atoms with Gasteiger partial charge in [-0.25, -0.2) is 13.1 Å². The first-order chi connectivity index (χ1) is 13.2. The third-order valence-corrected chi connectivity index (χ3v) is 5.14. The predicted octanol–water partition coefficient (Wildman–Crippen LogP) is 2.66. The number of carbonyl (C=O) groups excluding carboxylic acids is 1. The van der Waals surface area contributed by atoms with Gasteiger partial charge >= 0.3 is 6.61 Å². The van der Waals surface area contributed by atoms with Crippen LogP contribution in [-0.4, -0.2) is 41.1 Å². The first-order valence-electron chi connectivity index (χ1n) is 7.89. The van der Waals surface area contributed by atoms with Crippen molar-refractivity contribution in [1.29, 1.82) is 0 Å². The van der Waals surface area contributed by atoms with Crippen LogP contribution in [0.1, 0.15) is 10.4 Å². The number of methoxy groups -OCH3 is 1. The Bertz CT molecular complexity index is 941. The molecule has 0 saturated carbocycles. The summed E-state index contributed by atoms with van der Waals surface area (Å²) in [7, 11) is -2.50. The Morgan fingerprint density at radius 1 is 1.14 bits per heavy atom. The van der Waals surface area contributed by atoms with E-state index in [-0.39, 0.29) is 40.1 Å². The van der Waals surface area contributed by atoms with Gasteiger partial charge in [-0.15, -0.1) is 0 Å². The highest BCUT2D eigenvalue weighted by atomic mass is 35.5. The molecule has 0 aliphatic carbocycles. The van der Waals surface area contributed by atoms with Gasteiger partial charge in [-0.1, -0.05) is 17.7 Å². The van der Waals surface area contributed by atoms with Gasteiger partial charge in [-0.05, 0) is 36.4 Å². The summed E-state index contributed by atoms with van der Waals surface area (Å²) in [5.74, 6) is -0.832. The van der Waals surface area contributed by atoms with Crippen LogP contribution in [-0.2, 0) is 10.0 Å². The van der Waals surface area contributed by atoms with Crippen molar-refractivity contribution in [2.45, 2.75) is 11.5 Å². The van der Waals surface area contributed by atoms with Crippen molar-refractivity contribution >= 4 is 27.5 Å². The summed E-state index contributed by atoms with van der Waals surface area (Å²) in [6.07, 6.45) is 0. The second-order valence-corrected chi connectivity index (χ2v) is 7.56. The summed E-state index contributed by atoms with van der Waals surface area (Å²) in [4.78, 5) is 12.1. The van der Waals surface area contributed by atoms with E-state index in [1.54, 1.807) is 6.07 Å². The predicted molar refractivity (Wildman–Crippen MR) is 98.6 cm³/mol. The fraction of sp³-hybridized carbons (Fsp3) is 0.235. The number of halogens is 3. The summed E-state index contributed by atoms with van der Waals surface area (Å²) < 4.78 is 60.7. The van der Waals surface area contributed by atoms with E-state index >= 15 is 0 Å². The number of carbonyl (C=O) groups is 1. The Hall–Kier alpha value is -2.43. The first-order valence-corrected chi connectivity index (χ1v) is 9.75. The largest absolute Gasteiger partial charge is 0.493 e. The molecule has 2 aromatic carbocycles. The number of benzene rings is 2. The number of rotatable bonds is 9. The molecule has 0 saturated heterocycles. The lowest BCUT2D eigenvalue weighted by Crippen LogP contribution is -2.34. The lowest BCUT2D eigenvalue weighted by atomic mass is 10.2. The summed E-state index contributed by atoms with van der Waals surface area (Å²) in [6.45, 7) is -3.19. The number of amides is 1. The smallest absolute Gasteiger partial charge is 0.387 e. The molecule has 0 atom stereocenters. The summed E-state index contributed by atoms with van der Waals surface area (Å²) in [5, 5.41) is 2.75. The van der Waals surface area contributed by atoms with Gasteiger partial charge in [0.05, 0.1) is 12.0 Å². The normalized spacial score (nSPS) is 11.3. The Balaban J connectivity index is 1.93. The molecule has 1 amide bonds. The van der Waals surface area contributed by atoms with E-state index in [1.165, 1.54) is 37.4 Å². The van der Waals surface area contributed by atoms with Crippen LogP contribution in [0.4, 0.5) is 8.78 Å². The van der Waals surface area contributed by atoms with Crippen LogP contribution >= 0.6 is 11.6 Å². The van der Waals surface area contributed by atoms with Gasteiger partial charge < -0.3 is 14.8 Å². The number of sulfonamides is 1. The van der Waals surface area contributed by atoms with Gasteiger partial charge in [0.25, 0.3) is 5.91 Å². The molecule has 0 unspecified atom stereocenters. The molecule has 2 aromatic rings. The summed E-state index contributed by atoms with van der Waals surface area (Å²) in [6, 6.07) is 9.51. The molecule has 2 rings (SSSR count). The molecule has 0 aliphatic heterocycles. The third-order valence-electron chi connectivity index (χ3n) is 3.45. The van der Waals surface area contributed by atoms with Gasteiger partial charge in [0.2, 0.25) is 10.0 Å². The van der Waals surface area contributed by atoms with Gasteiger partial charge in [0.15, 0.2) is 11.5 Å². The minimum Gasteiger partial charge on any atom is -0.493 e. The number of alkyl halides is 2. The Labute approximate surface area is 165 Å². The topological polar surface area (TPSA) is 93.7 Å². The Morgan fingerprint density at radius 2 is 1.89 bits per heavy atom. The number of nitrogens with one attached hydrogen (secondary N) is 2. The van der Waals surface area contributed by atoms with E-state index in [4.69, 9.17) is 16.3 Å². The summed E-state index contributed by atoms with van der Waals surface area (Å²) in [5.41, 5.74) is 0.0501. The fourth-order valence-corrected chi connectivity index (χ4v) is 3.52. The average Bonchev–Trinajstić information content (AvgIpc) is 2.64. The molecule has 0 aromatic heterocycles. The van der Waals surface area contributed by atoms with E-state index in [2.05, 4.69) is 14.8 Å². The highest BCUT2D eigenvalue weighted by Gasteiger charge is 2.16. The van der Waals surface area contributed by atoms with Crippen molar-refractivity contribution in [2.75, 3.05) is 20.2 Å². The quantitative estimate of drug-likeness (QED) is 0.592. The number of hydrogen-bond donors (Lipinski definition) is 2. The average molecular weight is 435 g/mol. The number of hydrogen-bond acceptors (Lipinski definition) is 5. The minimum atomic E-state index is -3.78. The molecule has 152 valence electrons. The van der Waals surface area contributed by atoms with E-state index in [0.717, 1.165) is 6.07 Å². The molecule has 7 nitrogen and oxygen atoms in total. The molecule has 0 bridgehead atoms. The second kappa shape index (κ2) is 9.67. The minimum absolute atomic E-state index is 0.00438. The van der Waals surface area contributed by atoms with Crippen LogP contribution in [0.15, 0.2) is 47.4 Å². The summed E-state index contributed by atoms with van der Waals surface area (Å²) >= 11 is 5.77. The molecule has 2 N–H and O–H groups in total. The highest BCUT2D eigenvalue weighted by molar-refractivity contribution is 7.89. The zero-order valence-corrected chi connectivity index (χ0v) is 16.2. The Kier molecular flexibility index (Phi) is 7.55. The van der Waals surface area contributed by atoms with Crippen LogP contribution in [0.3, 0.4) is 0 Å². The van der Waals surface area contributed by atoms with Gasteiger partial charge in [-0.2, -0.15) is 8.78 Å². The van der Waals surface area contributed by atoms with Crippen LogP contribution in [0, 0.1) is 0 Å². The first kappa shape index (κ1) is 21.9. The van der Waals surface area contributed by atoms with E-state index < -0.39 is 22.5 Å². The molecular weight excluding hydrogens is 418 g/mol. The van der Waals surface area contributed by atoms with Crippen molar-refractivity contribution in [3.05, 3.63) is 53.1 Å². The van der Waals surface area contributed by atoms with Crippen LogP contribution in [0.5, 0.6) is 11.5 Å². The zero-order valence-electron chi connectivity index (χ0n) is 14.6. The van der Waals surface area contributed by atoms with Gasteiger partial charge in [0.1, 0.15) is 0 Å². The standard InChI is InChI=1S/C17H17ClF2N2O5S/c1-26-14-6-5-11(9-15(14)27-17(19)20)16(23)21-7-8-22-28(24,25)13-4-2-3-12(18)10-13/h2-6,9-10,17,22H,7-8H2,1H3,(H,21,23). The molecule has 0 radical (unpaired) electrons. The second-order valence-electron chi connectivity index (χ2n) is 5.36. The van der Waals surface area contributed by atoms with Crippen molar-refractivity contribution in [1.82, 2.24) is 10.0 Å². The van der Waals surface area contributed by atoms with Gasteiger partial charge in [0, 0.05) is 23.7 Å². The van der Waals surface area contributed by atoms with Gasteiger partial charge in [-0.3, -0.25) is 4.79 Å². The van der Waals surface area contributed by atoms with E-state index in [9.17, 15) is 22.0 Å². The van der Waals surface area contributed by atoms with Crippen LogP contribution in [0.25, 0.3) is 0 Å². The fourth-order valence-electron chi connectivity index (χ4n) is 2.19. The van der Waals surface area contributed by atoms with Crippen molar-refractivity contribution in [3.8, 4) is 11.5 Å². The third kappa shape index (κ3) is 6.04. The molecule has 0 heterocycles. The van der Waals surface area contributed by atoms with Crippen LogP contribution < -0.4 is 19.5 Å². The molecule has 28 heavy (non-hydrogen) atoms. The monoisotopic (exact) mass is 434 g/mol. The Morgan fingerprint density at radius 3 is 2.54 bits per heavy atom. The van der Waals surface area contributed by atoms with Crippen molar-refractivity contribution in [2.24, 2.45) is 0 Å². The van der Waals surface area contributed by atoms with Crippen molar-refractivity contribution in [3.63, 3.8) is 0 Å². The molecule has 0 aliphatic rings. The maximum absolute atomic E-state index is 12.4. The molecule has 0 spiro atoms. The SMILES string of the molecule is COc1ccc(C(=O)NCCNS(=O)(=O)c2cccc(Cl)c2)cc1OC(F)F. The van der Waals surface area contributed by atoms with E-state index in [0.29, 0.717) is 0 Å². The molecule has 0 fully saturated rings. The lowest BCUT2D eigenvalue weighted by Gasteiger charge is -2.12. The molecule has 11 heteroatoms. The highest BCUT2D eigenvalue weighted by Crippen LogP contribution is 2.29. The van der Waals surface area contributed by atoms with Crippen molar-refractivity contribution < 1.29 is 31.5 Å². The zero-order chi connectivity index (χ0) is 20.7. The lowest BCUT2D eigenvalue weighted by molar-refractivity contribution is -0.0512. The maximum atomic E-state index is 12.4. The molecular formula is C17H17ClF2N2O5S. The number of ether oxygens (including phenoxy) is 2. The van der Waals surface area contributed by atoms with E-state index in [1.807, 2.05) is 0 Å². The maximum Gasteiger partial charge on any atom is 0.387 e. The van der Waals surface area contributed by atoms with Crippen LogP contribution in [0.2, 0.25) is 5.02 Å².